The van der Waals surface area contributed by atoms with Crippen LogP contribution in [-0.4, -0.2) is 36.4 Å². The van der Waals surface area contributed by atoms with Gasteiger partial charge in [0.2, 0.25) is 0 Å². The van der Waals surface area contributed by atoms with Crippen molar-refractivity contribution < 1.29 is 4.79 Å². The van der Waals surface area contributed by atoms with Crippen molar-refractivity contribution in [3.05, 3.63) is 87.9 Å². The summed E-state index contributed by atoms with van der Waals surface area (Å²) < 4.78 is 1.97. The third-order valence-corrected chi connectivity index (χ3v) is 5.41. The molecule has 1 aromatic carbocycles. The van der Waals surface area contributed by atoms with Crippen LogP contribution in [0.5, 0.6) is 0 Å². The summed E-state index contributed by atoms with van der Waals surface area (Å²) in [6.45, 7) is 8.00. The highest BCUT2D eigenvalue weighted by Gasteiger charge is 2.25. The van der Waals surface area contributed by atoms with Crippen LogP contribution in [0.3, 0.4) is 0 Å². The molecule has 0 fully saturated rings. The zero-order chi connectivity index (χ0) is 22.1. The third-order valence-electron chi connectivity index (χ3n) is 5.41. The van der Waals surface area contributed by atoms with Crippen molar-refractivity contribution in [1.29, 1.82) is 0 Å². The van der Waals surface area contributed by atoms with Gasteiger partial charge in [0.1, 0.15) is 11.6 Å². The molecule has 4 aromatic rings. The van der Waals surface area contributed by atoms with E-state index in [-0.39, 0.29) is 24.1 Å². The van der Waals surface area contributed by atoms with E-state index in [1.807, 2.05) is 62.6 Å². The summed E-state index contributed by atoms with van der Waals surface area (Å²) in [4.78, 5) is 39.5. The van der Waals surface area contributed by atoms with E-state index in [0.29, 0.717) is 22.3 Å². The molecule has 0 bridgehead atoms. The molecule has 0 spiro atoms. The molecule has 3 heterocycles. The molecule has 158 valence electrons. The second-order valence-corrected chi connectivity index (χ2v) is 7.86. The standard InChI is InChI=1S/C24H25N5O2/c1-15(2)28(14-21-26-20-10-6-5-9-18(20)23(30)27-21)24(31)19-13-16(3)29(17(19)4)22-11-7-8-12-25-22/h5-13,15H,14H2,1-4H3,(H,26,27,30). The van der Waals surface area contributed by atoms with Gasteiger partial charge in [0.25, 0.3) is 11.5 Å². The van der Waals surface area contributed by atoms with Crippen LogP contribution < -0.4 is 5.56 Å². The molecule has 0 atom stereocenters. The molecule has 0 aliphatic heterocycles. The Balaban J connectivity index is 1.70. The summed E-state index contributed by atoms with van der Waals surface area (Å²) in [5.74, 6) is 1.12. The molecule has 1 amide bonds. The first kappa shape index (κ1) is 20.5. The topological polar surface area (TPSA) is 83.9 Å². The summed E-state index contributed by atoms with van der Waals surface area (Å²) in [5, 5.41) is 0.535. The fourth-order valence-corrected chi connectivity index (χ4v) is 3.83. The maximum Gasteiger partial charge on any atom is 0.258 e. The second kappa shape index (κ2) is 8.18. The largest absolute Gasteiger partial charge is 0.329 e. The van der Waals surface area contributed by atoms with E-state index in [9.17, 15) is 9.59 Å². The van der Waals surface area contributed by atoms with Crippen LogP contribution >= 0.6 is 0 Å². The molecular weight excluding hydrogens is 390 g/mol. The Morgan fingerprint density at radius 2 is 1.87 bits per heavy atom. The SMILES string of the molecule is Cc1cc(C(=O)N(Cc2nc3ccccc3c(=O)[nH]2)C(C)C)c(C)n1-c1ccccn1. The fraction of sp³-hybridized carbons (Fsp3) is 0.250. The Labute approximate surface area is 180 Å². The van der Waals surface area contributed by atoms with Crippen molar-refractivity contribution in [2.24, 2.45) is 0 Å². The van der Waals surface area contributed by atoms with Crippen LogP contribution in [0.4, 0.5) is 0 Å². The van der Waals surface area contributed by atoms with Gasteiger partial charge in [-0.05, 0) is 58.0 Å². The lowest BCUT2D eigenvalue weighted by molar-refractivity contribution is 0.0684. The number of nitrogens with one attached hydrogen (secondary N) is 1. The quantitative estimate of drug-likeness (QED) is 0.538. The number of aromatic amines is 1. The van der Waals surface area contributed by atoms with Gasteiger partial charge in [0.05, 0.1) is 23.0 Å². The summed E-state index contributed by atoms with van der Waals surface area (Å²) in [6.07, 6.45) is 1.73. The van der Waals surface area contributed by atoms with Gasteiger partial charge in [0, 0.05) is 23.6 Å². The number of H-pyrrole nitrogens is 1. The number of carbonyl (C=O) groups is 1. The van der Waals surface area contributed by atoms with E-state index in [4.69, 9.17) is 0 Å². The van der Waals surface area contributed by atoms with Gasteiger partial charge in [-0.15, -0.1) is 0 Å². The number of amides is 1. The summed E-state index contributed by atoms with van der Waals surface area (Å²) >= 11 is 0. The Bertz CT molecular complexity index is 1300. The van der Waals surface area contributed by atoms with Gasteiger partial charge in [-0.2, -0.15) is 0 Å². The first-order valence-corrected chi connectivity index (χ1v) is 10.3. The monoisotopic (exact) mass is 415 g/mol. The molecule has 0 aliphatic rings. The maximum atomic E-state index is 13.5. The van der Waals surface area contributed by atoms with E-state index in [2.05, 4.69) is 15.0 Å². The summed E-state index contributed by atoms with van der Waals surface area (Å²) in [5.41, 5.74) is 2.78. The molecule has 0 radical (unpaired) electrons. The molecule has 4 rings (SSSR count). The van der Waals surface area contributed by atoms with Gasteiger partial charge < -0.3 is 14.5 Å². The minimum atomic E-state index is -0.204. The van der Waals surface area contributed by atoms with Crippen molar-refractivity contribution in [1.82, 2.24) is 24.4 Å². The first-order valence-electron chi connectivity index (χ1n) is 10.3. The van der Waals surface area contributed by atoms with Crippen LogP contribution in [-0.2, 0) is 6.54 Å². The maximum absolute atomic E-state index is 13.5. The molecule has 7 nitrogen and oxygen atoms in total. The van der Waals surface area contributed by atoms with Gasteiger partial charge in [-0.25, -0.2) is 9.97 Å². The Morgan fingerprint density at radius 3 is 2.58 bits per heavy atom. The lowest BCUT2D eigenvalue weighted by Crippen LogP contribution is -2.37. The zero-order valence-corrected chi connectivity index (χ0v) is 18.1. The number of rotatable bonds is 5. The van der Waals surface area contributed by atoms with Crippen molar-refractivity contribution in [2.75, 3.05) is 0 Å². The van der Waals surface area contributed by atoms with E-state index >= 15 is 0 Å². The van der Waals surface area contributed by atoms with Crippen molar-refractivity contribution in [3.8, 4) is 5.82 Å². The minimum Gasteiger partial charge on any atom is -0.329 e. The molecule has 0 aliphatic carbocycles. The highest BCUT2D eigenvalue weighted by molar-refractivity contribution is 5.96. The fourth-order valence-electron chi connectivity index (χ4n) is 3.83. The van der Waals surface area contributed by atoms with E-state index in [0.717, 1.165) is 17.2 Å². The van der Waals surface area contributed by atoms with Gasteiger partial charge in [0.15, 0.2) is 0 Å². The highest BCUT2D eigenvalue weighted by Crippen LogP contribution is 2.22. The van der Waals surface area contributed by atoms with Gasteiger partial charge >= 0.3 is 0 Å². The molecule has 0 saturated carbocycles. The average molecular weight is 415 g/mol. The van der Waals surface area contributed by atoms with Gasteiger partial charge in [-0.3, -0.25) is 9.59 Å². The van der Waals surface area contributed by atoms with Crippen LogP contribution in [0.25, 0.3) is 16.7 Å². The molecule has 1 N–H and O–H groups in total. The summed E-state index contributed by atoms with van der Waals surface area (Å²) in [7, 11) is 0. The molecule has 3 aromatic heterocycles. The number of pyridine rings is 1. The van der Waals surface area contributed by atoms with Crippen molar-refractivity contribution >= 4 is 16.8 Å². The molecule has 0 unspecified atom stereocenters. The van der Waals surface area contributed by atoms with E-state index in [1.54, 1.807) is 29.3 Å². The number of aryl methyl sites for hydroxylation is 1. The highest BCUT2D eigenvalue weighted by atomic mass is 16.2. The van der Waals surface area contributed by atoms with Crippen LogP contribution in [0.2, 0.25) is 0 Å². The number of hydrogen-bond donors (Lipinski definition) is 1. The minimum absolute atomic E-state index is 0.0813. The number of carbonyl (C=O) groups excluding carboxylic acids is 1. The van der Waals surface area contributed by atoms with E-state index in [1.165, 1.54) is 0 Å². The first-order chi connectivity index (χ1) is 14.9. The number of aromatic nitrogens is 4. The predicted molar refractivity (Wildman–Crippen MR) is 120 cm³/mol. The Kier molecular flexibility index (Phi) is 5.42. The zero-order valence-electron chi connectivity index (χ0n) is 18.1. The second-order valence-electron chi connectivity index (χ2n) is 7.86. The number of fused-ring (bicyclic) bond motifs is 1. The van der Waals surface area contributed by atoms with Crippen LogP contribution in [0.1, 0.15) is 41.4 Å². The Morgan fingerprint density at radius 1 is 1.13 bits per heavy atom. The van der Waals surface area contributed by atoms with Crippen molar-refractivity contribution in [3.63, 3.8) is 0 Å². The number of nitrogens with zero attached hydrogens (tertiary/aromatic N) is 4. The number of para-hydroxylation sites is 1. The van der Waals surface area contributed by atoms with Gasteiger partial charge in [-0.1, -0.05) is 18.2 Å². The van der Waals surface area contributed by atoms with Crippen LogP contribution in [0.15, 0.2) is 59.5 Å². The molecular formula is C24H25N5O2. The van der Waals surface area contributed by atoms with Crippen LogP contribution in [0, 0.1) is 13.8 Å². The van der Waals surface area contributed by atoms with E-state index < -0.39 is 0 Å². The third kappa shape index (κ3) is 3.86. The molecule has 7 heteroatoms. The number of benzene rings is 1. The summed E-state index contributed by atoms with van der Waals surface area (Å²) in [6, 6.07) is 14.7. The van der Waals surface area contributed by atoms with Crippen molar-refractivity contribution in [2.45, 2.75) is 40.3 Å². The lowest BCUT2D eigenvalue weighted by Gasteiger charge is -2.26. The number of hydrogen-bond acceptors (Lipinski definition) is 4. The predicted octanol–water partition coefficient (Wildman–Crippen LogP) is 3.78. The Hall–Kier alpha value is -3.74. The normalized spacial score (nSPS) is 11.3. The molecule has 31 heavy (non-hydrogen) atoms. The lowest BCUT2D eigenvalue weighted by atomic mass is 10.2. The molecule has 0 saturated heterocycles. The average Bonchev–Trinajstić information content (AvgIpc) is 3.06. The smallest absolute Gasteiger partial charge is 0.258 e.